The second-order valence-electron chi connectivity index (χ2n) is 7.69. The largest absolute Gasteiger partial charge is 0.446 e. The average molecular weight is 408 g/mol. The molecule has 0 spiro atoms. The fourth-order valence-electron chi connectivity index (χ4n) is 5.05. The van der Waals surface area contributed by atoms with Crippen LogP contribution in [0.15, 0.2) is 30.3 Å². The fourth-order valence-corrected chi connectivity index (χ4v) is 5.05. The number of rotatable bonds is 5. The summed E-state index contributed by atoms with van der Waals surface area (Å²) in [6, 6.07) is 9.12. The number of benzene rings is 1. The van der Waals surface area contributed by atoms with E-state index in [0.29, 0.717) is 31.6 Å². The van der Waals surface area contributed by atoms with Crippen LogP contribution in [0.1, 0.15) is 25.7 Å². The van der Waals surface area contributed by atoms with Crippen LogP contribution in [-0.2, 0) is 14.3 Å². The van der Waals surface area contributed by atoms with Gasteiger partial charge in [0.15, 0.2) is 0 Å². The molecule has 1 aliphatic heterocycles. The highest BCUT2D eigenvalue weighted by atomic mass is 35.5. The van der Waals surface area contributed by atoms with Gasteiger partial charge in [0.1, 0.15) is 6.10 Å². The SMILES string of the molecule is Cl.NCCCN1C(=O)C2C3CCC(C(OC(=O)Nc4ccccc4)C3)C2C1=O. The lowest BCUT2D eigenvalue weighted by molar-refractivity contribution is -0.140. The number of nitrogens with one attached hydrogen (secondary N) is 1. The number of hydrogen-bond donors (Lipinski definition) is 2. The molecule has 3 N–H and O–H groups in total. The lowest BCUT2D eigenvalue weighted by atomic mass is 9.58. The number of carbonyl (C=O) groups is 3. The molecule has 1 heterocycles. The molecule has 7 nitrogen and oxygen atoms in total. The Hall–Kier alpha value is -2.12. The van der Waals surface area contributed by atoms with Gasteiger partial charge in [-0.3, -0.25) is 19.8 Å². The minimum absolute atomic E-state index is 0. The molecule has 4 fully saturated rings. The maximum Gasteiger partial charge on any atom is 0.411 e. The molecule has 3 aliphatic carbocycles. The van der Waals surface area contributed by atoms with Crippen molar-refractivity contribution in [1.82, 2.24) is 4.90 Å². The van der Waals surface area contributed by atoms with Gasteiger partial charge in [-0.2, -0.15) is 0 Å². The zero-order chi connectivity index (χ0) is 19.0. The normalized spacial score (nSPS) is 30.6. The van der Waals surface area contributed by atoms with Gasteiger partial charge < -0.3 is 10.5 Å². The maximum absolute atomic E-state index is 12.9. The highest BCUT2D eigenvalue weighted by molar-refractivity contribution is 6.05. The summed E-state index contributed by atoms with van der Waals surface area (Å²) in [5.74, 6) is -0.733. The number of nitrogens with two attached hydrogens (primary N) is 1. The zero-order valence-corrected chi connectivity index (χ0v) is 16.4. The predicted molar refractivity (Wildman–Crippen MR) is 106 cm³/mol. The summed E-state index contributed by atoms with van der Waals surface area (Å²) in [6.07, 6.45) is 2.17. The van der Waals surface area contributed by atoms with E-state index in [1.807, 2.05) is 18.2 Å². The number of imide groups is 1. The molecule has 3 saturated carbocycles. The van der Waals surface area contributed by atoms with Gasteiger partial charge in [0.05, 0.1) is 11.8 Å². The molecule has 3 amide bonds. The van der Waals surface area contributed by atoms with Gasteiger partial charge in [0.2, 0.25) is 11.8 Å². The first-order valence-electron chi connectivity index (χ1n) is 9.68. The number of amides is 3. The summed E-state index contributed by atoms with van der Waals surface area (Å²) in [5.41, 5.74) is 6.21. The Morgan fingerprint density at radius 2 is 1.86 bits per heavy atom. The average Bonchev–Trinajstić information content (AvgIpc) is 2.93. The van der Waals surface area contributed by atoms with Crippen LogP contribution in [0, 0.1) is 23.7 Å². The predicted octanol–water partition coefficient (Wildman–Crippen LogP) is 2.41. The van der Waals surface area contributed by atoms with Crippen molar-refractivity contribution < 1.29 is 19.1 Å². The van der Waals surface area contributed by atoms with Crippen molar-refractivity contribution in [2.45, 2.75) is 31.8 Å². The minimum atomic E-state index is -0.507. The summed E-state index contributed by atoms with van der Waals surface area (Å²) in [6.45, 7) is 0.839. The van der Waals surface area contributed by atoms with Gasteiger partial charge >= 0.3 is 6.09 Å². The van der Waals surface area contributed by atoms with Crippen LogP contribution >= 0.6 is 12.4 Å². The van der Waals surface area contributed by atoms with Gasteiger partial charge in [-0.1, -0.05) is 18.2 Å². The molecule has 5 rings (SSSR count). The van der Waals surface area contributed by atoms with Gasteiger partial charge in [-0.05, 0) is 50.3 Å². The lowest BCUT2D eigenvalue weighted by Gasteiger charge is -2.47. The van der Waals surface area contributed by atoms with Crippen LogP contribution in [0.5, 0.6) is 0 Å². The third-order valence-electron chi connectivity index (χ3n) is 6.21. The Morgan fingerprint density at radius 1 is 1.14 bits per heavy atom. The molecule has 1 saturated heterocycles. The van der Waals surface area contributed by atoms with Crippen molar-refractivity contribution in [1.29, 1.82) is 0 Å². The molecule has 5 atom stereocenters. The van der Waals surface area contributed by atoms with E-state index < -0.39 is 6.09 Å². The Balaban J connectivity index is 0.00000225. The molecule has 0 radical (unpaired) electrons. The third-order valence-corrected chi connectivity index (χ3v) is 6.21. The summed E-state index contributed by atoms with van der Waals surface area (Å²) < 4.78 is 5.69. The smallest absolute Gasteiger partial charge is 0.411 e. The number of anilines is 1. The van der Waals surface area contributed by atoms with Crippen LogP contribution in [0.3, 0.4) is 0 Å². The van der Waals surface area contributed by atoms with Crippen molar-refractivity contribution in [2.24, 2.45) is 29.4 Å². The van der Waals surface area contributed by atoms with E-state index in [0.717, 1.165) is 12.8 Å². The van der Waals surface area contributed by atoms with E-state index in [1.54, 1.807) is 12.1 Å². The van der Waals surface area contributed by atoms with Gasteiger partial charge in [-0.15, -0.1) is 12.4 Å². The fraction of sp³-hybridized carbons (Fsp3) is 0.550. The third kappa shape index (κ3) is 3.61. The number of likely N-dealkylation sites (tertiary alicyclic amines) is 1. The van der Waals surface area contributed by atoms with Crippen molar-refractivity contribution in [3.63, 3.8) is 0 Å². The molecular weight excluding hydrogens is 382 g/mol. The first-order valence-corrected chi connectivity index (χ1v) is 9.68. The zero-order valence-electron chi connectivity index (χ0n) is 15.6. The Bertz CT molecular complexity index is 744. The van der Waals surface area contributed by atoms with E-state index >= 15 is 0 Å². The van der Waals surface area contributed by atoms with Crippen LogP contribution in [0.25, 0.3) is 0 Å². The van der Waals surface area contributed by atoms with Crippen LogP contribution in [0.4, 0.5) is 10.5 Å². The summed E-state index contributed by atoms with van der Waals surface area (Å²) in [4.78, 5) is 39.3. The second-order valence-corrected chi connectivity index (χ2v) is 7.69. The highest BCUT2D eigenvalue weighted by Crippen LogP contribution is 2.53. The summed E-state index contributed by atoms with van der Waals surface area (Å²) in [7, 11) is 0. The molecule has 1 aromatic rings. The number of halogens is 1. The first-order chi connectivity index (χ1) is 13.1. The number of para-hydroxylation sites is 1. The number of ether oxygens (including phenoxy) is 1. The molecule has 2 bridgehead atoms. The standard InChI is InChI=1S/C20H25N3O4.ClH/c21-9-4-10-23-18(24)16-12-7-8-14(17(16)19(23)25)15(11-12)27-20(26)22-13-5-2-1-3-6-13;/h1-3,5-6,12,14-17H,4,7-11,21H2,(H,22,26);1H. The molecular formula is C20H26ClN3O4. The van der Waals surface area contributed by atoms with E-state index in [2.05, 4.69) is 5.32 Å². The topological polar surface area (TPSA) is 102 Å². The quantitative estimate of drug-likeness (QED) is 0.730. The van der Waals surface area contributed by atoms with Gasteiger partial charge in [0, 0.05) is 18.2 Å². The molecule has 0 aromatic heterocycles. The van der Waals surface area contributed by atoms with Crippen LogP contribution in [-0.4, -0.2) is 42.0 Å². The number of carbonyl (C=O) groups excluding carboxylic acids is 3. The van der Waals surface area contributed by atoms with E-state index in [4.69, 9.17) is 10.5 Å². The van der Waals surface area contributed by atoms with Crippen molar-refractivity contribution in [2.75, 3.05) is 18.4 Å². The lowest BCUT2D eigenvalue weighted by Crippen LogP contribution is -2.50. The molecule has 5 unspecified atom stereocenters. The van der Waals surface area contributed by atoms with Crippen LogP contribution < -0.4 is 11.1 Å². The Morgan fingerprint density at radius 3 is 2.57 bits per heavy atom. The molecule has 4 aliphatic rings. The second kappa shape index (κ2) is 8.49. The summed E-state index contributed by atoms with van der Waals surface area (Å²) in [5, 5.41) is 2.73. The number of nitrogens with zero attached hydrogens (tertiary/aromatic N) is 1. The number of fused-ring (bicyclic) bond motifs is 2. The van der Waals surface area contributed by atoms with Gasteiger partial charge in [-0.25, -0.2) is 4.79 Å². The highest BCUT2D eigenvalue weighted by Gasteiger charge is 2.61. The van der Waals surface area contributed by atoms with Crippen molar-refractivity contribution in [3.05, 3.63) is 30.3 Å². The molecule has 8 heteroatoms. The van der Waals surface area contributed by atoms with Crippen molar-refractivity contribution in [3.8, 4) is 0 Å². The molecule has 152 valence electrons. The van der Waals surface area contributed by atoms with E-state index in [9.17, 15) is 14.4 Å². The van der Waals surface area contributed by atoms with E-state index in [-0.39, 0.29) is 54.0 Å². The van der Waals surface area contributed by atoms with Crippen LogP contribution in [0.2, 0.25) is 0 Å². The minimum Gasteiger partial charge on any atom is -0.446 e. The molecule has 1 aromatic carbocycles. The first kappa shape index (κ1) is 20.6. The Labute approximate surface area is 170 Å². The van der Waals surface area contributed by atoms with Crippen molar-refractivity contribution >= 4 is 36.0 Å². The van der Waals surface area contributed by atoms with Gasteiger partial charge in [0.25, 0.3) is 0 Å². The maximum atomic E-state index is 12.9. The molecule has 28 heavy (non-hydrogen) atoms. The monoisotopic (exact) mass is 407 g/mol. The number of hydrogen-bond acceptors (Lipinski definition) is 5. The van der Waals surface area contributed by atoms with E-state index in [1.165, 1.54) is 4.90 Å². The Kier molecular flexibility index (Phi) is 6.25. The summed E-state index contributed by atoms with van der Waals surface area (Å²) >= 11 is 0.